The number of hydrogen-bond acceptors (Lipinski definition) is 5. The summed E-state index contributed by atoms with van der Waals surface area (Å²) < 4.78 is 6.42. The molecule has 2 aromatic rings. The summed E-state index contributed by atoms with van der Waals surface area (Å²) in [7, 11) is 0. The quantitative estimate of drug-likeness (QED) is 0.916. The van der Waals surface area contributed by atoms with Crippen LogP contribution in [0.15, 0.2) is 17.0 Å². The van der Waals surface area contributed by atoms with Gasteiger partial charge in [0, 0.05) is 24.0 Å². The Morgan fingerprint density at radius 1 is 1.57 bits per heavy atom. The maximum absolute atomic E-state index is 5.45. The van der Waals surface area contributed by atoms with Gasteiger partial charge in [-0.05, 0) is 33.5 Å². The van der Waals surface area contributed by atoms with Gasteiger partial charge in [-0.3, -0.25) is 0 Å². The molecule has 14 heavy (non-hydrogen) atoms. The Labute approximate surface area is 93.3 Å². The van der Waals surface area contributed by atoms with Gasteiger partial charge in [-0.2, -0.15) is 4.98 Å². The van der Waals surface area contributed by atoms with Gasteiger partial charge in [0.2, 0.25) is 5.95 Å². The Kier molecular flexibility index (Phi) is 2.78. The normalized spacial score (nSPS) is 10.6. The van der Waals surface area contributed by atoms with Gasteiger partial charge in [-0.25, -0.2) is 9.06 Å². The fraction of sp³-hybridized carbons (Fsp3) is 0.286. The van der Waals surface area contributed by atoms with E-state index in [0.717, 1.165) is 13.0 Å². The first-order chi connectivity index (χ1) is 6.75. The molecule has 0 saturated carbocycles. The van der Waals surface area contributed by atoms with Crippen LogP contribution in [-0.2, 0) is 13.0 Å². The SMILES string of the molecule is Nc1nc(Br)n(CCc2ccns2)n1. The molecule has 0 atom stereocenters. The predicted octanol–water partition coefficient (Wildman–Crippen LogP) is 1.32. The van der Waals surface area contributed by atoms with Crippen molar-refractivity contribution in [3.05, 3.63) is 21.9 Å². The van der Waals surface area contributed by atoms with Gasteiger partial charge in [0.25, 0.3) is 0 Å². The fourth-order valence-electron chi connectivity index (χ4n) is 1.07. The summed E-state index contributed by atoms with van der Waals surface area (Å²) in [5, 5.41) is 4.03. The number of aryl methyl sites for hydroxylation is 2. The maximum atomic E-state index is 5.45. The van der Waals surface area contributed by atoms with Crippen molar-refractivity contribution in [3.63, 3.8) is 0 Å². The van der Waals surface area contributed by atoms with Crippen LogP contribution in [0.4, 0.5) is 5.95 Å². The molecule has 0 aliphatic carbocycles. The second kappa shape index (κ2) is 4.05. The molecule has 2 aromatic heterocycles. The molecule has 0 radical (unpaired) electrons. The molecular formula is C7H8BrN5S. The third-order valence-electron chi connectivity index (χ3n) is 1.70. The van der Waals surface area contributed by atoms with Crippen molar-refractivity contribution >= 4 is 33.4 Å². The maximum Gasteiger partial charge on any atom is 0.240 e. The van der Waals surface area contributed by atoms with Crippen LogP contribution in [0.25, 0.3) is 0 Å². The van der Waals surface area contributed by atoms with Crippen molar-refractivity contribution in [2.45, 2.75) is 13.0 Å². The van der Waals surface area contributed by atoms with E-state index in [4.69, 9.17) is 5.73 Å². The lowest BCUT2D eigenvalue weighted by atomic mass is 10.3. The number of nitrogens with zero attached hydrogens (tertiary/aromatic N) is 4. The molecule has 0 fully saturated rings. The van der Waals surface area contributed by atoms with Gasteiger partial charge < -0.3 is 5.73 Å². The van der Waals surface area contributed by atoms with E-state index in [1.165, 1.54) is 16.4 Å². The van der Waals surface area contributed by atoms with E-state index < -0.39 is 0 Å². The van der Waals surface area contributed by atoms with E-state index in [1.54, 1.807) is 10.9 Å². The molecule has 0 aromatic carbocycles. The lowest BCUT2D eigenvalue weighted by Crippen LogP contribution is -2.03. The van der Waals surface area contributed by atoms with E-state index in [0.29, 0.717) is 10.7 Å². The number of aromatic nitrogens is 4. The molecule has 74 valence electrons. The molecule has 0 unspecified atom stereocenters. The molecule has 2 rings (SSSR count). The van der Waals surface area contributed by atoms with Gasteiger partial charge in [-0.15, -0.1) is 5.10 Å². The summed E-state index contributed by atoms with van der Waals surface area (Å²) in [6, 6.07) is 2.00. The molecule has 0 amide bonds. The second-order valence-corrected chi connectivity index (χ2v) is 4.32. The minimum atomic E-state index is 0.293. The number of nitrogens with two attached hydrogens (primary N) is 1. The summed E-state index contributed by atoms with van der Waals surface area (Å²) in [6.07, 6.45) is 2.69. The Hall–Kier alpha value is -0.950. The van der Waals surface area contributed by atoms with E-state index in [1.807, 2.05) is 6.07 Å². The van der Waals surface area contributed by atoms with Crippen molar-refractivity contribution in [1.29, 1.82) is 0 Å². The number of rotatable bonds is 3. The van der Waals surface area contributed by atoms with Crippen LogP contribution >= 0.6 is 27.5 Å². The summed E-state index contributed by atoms with van der Waals surface area (Å²) in [6.45, 7) is 0.757. The second-order valence-electron chi connectivity index (χ2n) is 2.69. The highest BCUT2D eigenvalue weighted by Gasteiger charge is 2.04. The van der Waals surface area contributed by atoms with Crippen LogP contribution < -0.4 is 5.73 Å². The Bertz CT molecular complexity index is 410. The molecule has 7 heteroatoms. The largest absolute Gasteiger partial charge is 0.366 e. The van der Waals surface area contributed by atoms with Gasteiger partial charge in [0.05, 0.1) is 0 Å². The van der Waals surface area contributed by atoms with Crippen LogP contribution in [0, 0.1) is 0 Å². The molecular weight excluding hydrogens is 266 g/mol. The molecule has 0 aliphatic heterocycles. The highest BCUT2D eigenvalue weighted by atomic mass is 79.9. The first kappa shape index (κ1) is 9.60. The lowest BCUT2D eigenvalue weighted by molar-refractivity contribution is 0.605. The minimum absolute atomic E-state index is 0.293. The highest BCUT2D eigenvalue weighted by Crippen LogP contribution is 2.11. The van der Waals surface area contributed by atoms with E-state index in [2.05, 4.69) is 30.4 Å². The van der Waals surface area contributed by atoms with Crippen LogP contribution in [-0.4, -0.2) is 19.1 Å². The summed E-state index contributed by atoms with van der Waals surface area (Å²) in [5.41, 5.74) is 5.45. The van der Waals surface area contributed by atoms with Crippen molar-refractivity contribution in [2.75, 3.05) is 5.73 Å². The van der Waals surface area contributed by atoms with Gasteiger partial charge >= 0.3 is 0 Å². The molecule has 0 spiro atoms. The first-order valence-electron chi connectivity index (χ1n) is 4.01. The van der Waals surface area contributed by atoms with Gasteiger partial charge in [-0.1, -0.05) is 0 Å². The molecule has 5 nitrogen and oxygen atoms in total. The van der Waals surface area contributed by atoms with Crippen molar-refractivity contribution in [2.24, 2.45) is 0 Å². The van der Waals surface area contributed by atoms with Crippen LogP contribution in [0.5, 0.6) is 0 Å². The topological polar surface area (TPSA) is 69.6 Å². The zero-order valence-corrected chi connectivity index (χ0v) is 9.62. The Morgan fingerprint density at radius 3 is 3.00 bits per heavy atom. The van der Waals surface area contributed by atoms with Gasteiger partial charge in [0.15, 0.2) is 4.73 Å². The number of anilines is 1. The van der Waals surface area contributed by atoms with E-state index in [-0.39, 0.29) is 0 Å². The van der Waals surface area contributed by atoms with E-state index >= 15 is 0 Å². The molecule has 2 N–H and O–H groups in total. The molecule has 0 saturated heterocycles. The average molecular weight is 274 g/mol. The predicted molar refractivity (Wildman–Crippen MR) is 58.0 cm³/mol. The minimum Gasteiger partial charge on any atom is -0.366 e. The molecule has 0 aliphatic rings. The standard InChI is InChI=1S/C7H8BrN5S/c8-6-11-7(9)12-13(6)4-2-5-1-3-10-14-5/h1,3H,2,4H2,(H2,9,12). The zero-order valence-electron chi connectivity index (χ0n) is 7.22. The van der Waals surface area contributed by atoms with E-state index in [9.17, 15) is 0 Å². The molecule has 0 bridgehead atoms. The highest BCUT2D eigenvalue weighted by molar-refractivity contribution is 9.10. The van der Waals surface area contributed by atoms with Crippen molar-refractivity contribution < 1.29 is 0 Å². The number of nitrogen functional groups attached to an aromatic ring is 1. The fourth-order valence-corrected chi connectivity index (χ4v) is 2.07. The lowest BCUT2D eigenvalue weighted by Gasteiger charge is -1.98. The third kappa shape index (κ3) is 2.10. The first-order valence-corrected chi connectivity index (χ1v) is 5.58. The van der Waals surface area contributed by atoms with Crippen molar-refractivity contribution in [3.8, 4) is 0 Å². The smallest absolute Gasteiger partial charge is 0.240 e. The Morgan fingerprint density at radius 2 is 2.43 bits per heavy atom. The van der Waals surface area contributed by atoms with Crippen LogP contribution in [0.1, 0.15) is 4.88 Å². The third-order valence-corrected chi connectivity index (χ3v) is 3.09. The zero-order chi connectivity index (χ0) is 9.97. The average Bonchev–Trinajstić information content (AvgIpc) is 2.72. The number of hydrogen-bond donors (Lipinski definition) is 1. The van der Waals surface area contributed by atoms with Gasteiger partial charge in [0.1, 0.15) is 0 Å². The van der Waals surface area contributed by atoms with Crippen LogP contribution in [0.3, 0.4) is 0 Å². The number of halogens is 1. The Balaban J connectivity index is 2.01. The summed E-state index contributed by atoms with van der Waals surface area (Å²) in [4.78, 5) is 5.17. The summed E-state index contributed by atoms with van der Waals surface area (Å²) in [5.74, 6) is 0.293. The van der Waals surface area contributed by atoms with Crippen LogP contribution in [0.2, 0.25) is 0 Å². The van der Waals surface area contributed by atoms with Crippen molar-refractivity contribution in [1.82, 2.24) is 19.1 Å². The summed E-state index contributed by atoms with van der Waals surface area (Å²) >= 11 is 4.78. The monoisotopic (exact) mass is 273 g/mol. The molecule has 2 heterocycles.